The minimum atomic E-state index is 0.470. The summed E-state index contributed by atoms with van der Waals surface area (Å²) in [6.07, 6.45) is 1.76. The summed E-state index contributed by atoms with van der Waals surface area (Å²) in [4.78, 5) is 4.11. The van der Waals surface area contributed by atoms with Crippen molar-refractivity contribution in [2.24, 2.45) is 0 Å². The first kappa shape index (κ1) is 9.52. The summed E-state index contributed by atoms with van der Waals surface area (Å²) in [5.41, 5.74) is 8.56. The second kappa shape index (κ2) is 4.00. The highest BCUT2D eigenvalue weighted by atomic mass is 14.9. The third-order valence-corrected chi connectivity index (χ3v) is 2.25. The number of nitrogens with two attached hydrogens (primary N) is 1. The lowest BCUT2D eigenvalue weighted by Gasteiger charge is -2.05. The van der Waals surface area contributed by atoms with Crippen molar-refractivity contribution in [3.05, 3.63) is 42.6 Å². The van der Waals surface area contributed by atoms with Crippen LogP contribution in [0.5, 0.6) is 0 Å². The summed E-state index contributed by atoms with van der Waals surface area (Å²) in [7, 11) is 1.71. The van der Waals surface area contributed by atoms with Crippen LogP contribution < -0.4 is 11.1 Å². The third kappa shape index (κ3) is 1.91. The molecule has 0 atom stereocenters. The molecule has 75 valence electrons. The minimum absolute atomic E-state index is 0.470. The highest BCUT2D eigenvalue weighted by molar-refractivity contribution is 5.70. The van der Waals surface area contributed by atoms with Crippen LogP contribution in [0.2, 0.25) is 0 Å². The van der Waals surface area contributed by atoms with E-state index in [0.717, 1.165) is 16.8 Å². The van der Waals surface area contributed by atoms with Crippen LogP contribution >= 0.6 is 0 Å². The zero-order valence-corrected chi connectivity index (χ0v) is 8.51. The van der Waals surface area contributed by atoms with Gasteiger partial charge in [-0.1, -0.05) is 30.3 Å². The average molecular weight is 198 g/mol. The first-order valence-corrected chi connectivity index (χ1v) is 4.72. The molecule has 0 unspecified atom stereocenters. The van der Waals surface area contributed by atoms with Gasteiger partial charge in [-0.2, -0.15) is 0 Å². The fourth-order valence-electron chi connectivity index (χ4n) is 1.43. The number of anilines is 1. The van der Waals surface area contributed by atoms with E-state index in [1.165, 1.54) is 0 Å². The number of pyridine rings is 1. The van der Waals surface area contributed by atoms with E-state index in [1.54, 1.807) is 13.2 Å². The minimum Gasteiger partial charge on any atom is -0.382 e. The maximum absolute atomic E-state index is 5.67. The molecule has 0 fully saturated rings. The molecule has 1 heterocycles. The quantitative estimate of drug-likeness (QED) is 0.804. The number of benzene rings is 1. The van der Waals surface area contributed by atoms with Crippen LogP contribution in [-0.4, -0.2) is 12.0 Å². The van der Waals surface area contributed by atoms with Gasteiger partial charge in [-0.15, -0.1) is 0 Å². The lowest BCUT2D eigenvalue weighted by Crippen LogP contribution is -1.97. The van der Waals surface area contributed by atoms with Crippen LogP contribution in [0, 0.1) is 0 Å². The summed E-state index contributed by atoms with van der Waals surface area (Å²) >= 11 is 0. The fourth-order valence-corrected chi connectivity index (χ4v) is 1.43. The van der Waals surface area contributed by atoms with Gasteiger partial charge in [0, 0.05) is 18.8 Å². The van der Waals surface area contributed by atoms with Crippen molar-refractivity contribution < 1.29 is 0 Å². The number of nitrogens with zero attached hydrogens (tertiary/aromatic N) is 2. The van der Waals surface area contributed by atoms with Gasteiger partial charge in [-0.25, -0.2) is 4.98 Å². The van der Waals surface area contributed by atoms with Crippen molar-refractivity contribution in [1.82, 2.24) is 10.3 Å². The summed E-state index contributed by atoms with van der Waals surface area (Å²) in [6.45, 7) is 0. The van der Waals surface area contributed by atoms with Crippen molar-refractivity contribution in [3.63, 3.8) is 0 Å². The van der Waals surface area contributed by atoms with Crippen LogP contribution in [0.25, 0.3) is 11.1 Å². The number of nitrogen functional groups attached to an aromatic ring is 1. The Morgan fingerprint density at radius 1 is 1.13 bits per heavy atom. The highest BCUT2D eigenvalue weighted by Crippen LogP contribution is 2.24. The third-order valence-electron chi connectivity index (χ3n) is 2.25. The molecule has 0 spiro atoms. The largest absolute Gasteiger partial charge is 0.382 e. The normalized spacial score (nSPS) is 9.93. The molecule has 0 aliphatic carbocycles. The molecule has 3 nitrogen and oxygen atoms in total. The lowest BCUT2D eigenvalue weighted by atomic mass is 10.1. The van der Waals surface area contributed by atoms with E-state index in [0.29, 0.717) is 5.82 Å². The summed E-state index contributed by atoms with van der Waals surface area (Å²) in [6, 6.07) is 12.0. The van der Waals surface area contributed by atoms with Crippen molar-refractivity contribution in [1.29, 1.82) is 0 Å². The van der Waals surface area contributed by atoms with Gasteiger partial charge in [0.2, 0.25) is 0 Å². The summed E-state index contributed by atoms with van der Waals surface area (Å²) in [5, 5.41) is 4.07. The van der Waals surface area contributed by atoms with Crippen molar-refractivity contribution >= 4 is 11.5 Å². The number of rotatable bonds is 2. The molecule has 0 bridgehead atoms. The smallest absolute Gasteiger partial charge is 0.148 e. The van der Waals surface area contributed by atoms with Crippen LogP contribution in [0.1, 0.15) is 0 Å². The Morgan fingerprint density at radius 3 is 2.53 bits per heavy atom. The van der Waals surface area contributed by atoms with E-state index < -0.39 is 0 Å². The zero-order valence-electron chi connectivity index (χ0n) is 8.51. The Bertz CT molecular complexity index is 452. The van der Waals surface area contributed by atoms with E-state index in [-0.39, 0.29) is 0 Å². The monoisotopic (exact) mass is 198 g/mol. The molecule has 0 amide bonds. The van der Waals surface area contributed by atoms with Crippen LogP contribution in [0.3, 0.4) is 0 Å². The molecule has 2 rings (SSSR count). The van der Waals surface area contributed by atoms with Crippen LogP contribution in [0.4, 0.5) is 11.5 Å². The van der Waals surface area contributed by atoms with E-state index in [1.807, 2.05) is 36.4 Å². The summed E-state index contributed by atoms with van der Waals surface area (Å²) < 4.78 is 0. The second-order valence-corrected chi connectivity index (χ2v) is 3.22. The highest BCUT2D eigenvalue weighted by Gasteiger charge is 2.02. The molecule has 2 N–H and O–H groups in total. The Balaban J connectivity index is 2.46. The van der Waals surface area contributed by atoms with Gasteiger partial charge in [-0.3, -0.25) is 5.32 Å². The first-order chi connectivity index (χ1) is 7.31. The van der Waals surface area contributed by atoms with Crippen LogP contribution in [0.15, 0.2) is 42.6 Å². The van der Waals surface area contributed by atoms with E-state index in [9.17, 15) is 0 Å². The van der Waals surface area contributed by atoms with Gasteiger partial charge in [0.05, 0.1) is 5.69 Å². The van der Waals surface area contributed by atoms with Gasteiger partial charge in [0.25, 0.3) is 0 Å². The molecular formula is C12H12N3. The molecular weight excluding hydrogens is 186 g/mol. The molecule has 1 aromatic heterocycles. The van der Waals surface area contributed by atoms with Crippen molar-refractivity contribution in [2.45, 2.75) is 0 Å². The predicted molar refractivity (Wildman–Crippen MR) is 61.8 cm³/mol. The predicted octanol–water partition coefficient (Wildman–Crippen LogP) is 2.20. The topological polar surface area (TPSA) is 53.0 Å². The van der Waals surface area contributed by atoms with Crippen molar-refractivity contribution in [2.75, 3.05) is 12.8 Å². The molecule has 1 aromatic carbocycles. The number of aromatic nitrogens is 1. The number of hydrogen-bond donors (Lipinski definition) is 1. The van der Waals surface area contributed by atoms with E-state index in [2.05, 4.69) is 10.3 Å². The van der Waals surface area contributed by atoms with Gasteiger partial charge in [-0.05, 0) is 11.6 Å². The van der Waals surface area contributed by atoms with Gasteiger partial charge in [0.15, 0.2) is 0 Å². The molecule has 3 heteroatoms. The average Bonchev–Trinajstić information content (AvgIpc) is 2.31. The Morgan fingerprint density at radius 2 is 1.87 bits per heavy atom. The van der Waals surface area contributed by atoms with Crippen molar-refractivity contribution in [3.8, 4) is 11.1 Å². The SMILES string of the molecule is C[N]c1cc(-c2ccccc2)cnc1N. The second-order valence-electron chi connectivity index (χ2n) is 3.22. The lowest BCUT2D eigenvalue weighted by molar-refractivity contribution is 1.08. The van der Waals surface area contributed by atoms with Gasteiger partial charge >= 0.3 is 0 Å². The maximum Gasteiger partial charge on any atom is 0.148 e. The van der Waals surface area contributed by atoms with E-state index in [4.69, 9.17) is 5.73 Å². The number of hydrogen-bond acceptors (Lipinski definition) is 2. The Hall–Kier alpha value is -2.03. The molecule has 15 heavy (non-hydrogen) atoms. The Kier molecular flexibility index (Phi) is 2.54. The van der Waals surface area contributed by atoms with Crippen LogP contribution in [-0.2, 0) is 0 Å². The molecule has 0 saturated heterocycles. The van der Waals surface area contributed by atoms with Gasteiger partial charge < -0.3 is 5.73 Å². The fraction of sp³-hybridized carbons (Fsp3) is 0.0833. The molecule has 0 aliphatic rings. The maximum atomic E-state index is 5.67. The van der Waals surface area contributed by atoms with Gasteiger partial charge in [0.1, 0.15) is 5.82 Å². The standard InChI is InChI=1S/C12H12N3/c1-14-11-7-10(8-15-12(11)13)9-5-3-2-4-6-9/h2-8H,1H3,(H2,13,15). The zero-order chi connectivity index (χ0) is 10.7. The molecule has 1 radical (unpaired) electrons. The Labute approximate surface area is 89.0 Å². The first-order valence-electron chi connectivity index (χ1n) is 4.72. The van der Waals surface area contributed by atoms with E-state index >= 15 is 0 Å². The molecule has 0 aliphatic heterocycles. The molecule has 0 saturated carbocycles. The molecule has 2 aromatic rings. The summed E-state index contributed by atoms with van der Waals surface area (Å²) in [5.74, 6) is 0.470.